The van der Waals surface area contributed by atoms with Gasteiger partial charge in [-0.3, -0.25) is 9.59 Å². The van der Waals surface area contributed by atoms with Crippen molar-refractivity contribution in [3.05, 3.63) is 65.5 Å². The number of ether oxygens (including phenoxy) is 1. The van der Waals surface area contributed by atoms with E-state index in [2.05, 4.69) is 0 Å². The first-order valence-electron chi connectivity index (χ1n) is 7.98. The van der Waals surface area contributed by atoms with E-state index in [1.807, 2.05) is 18.2 Å². The maximum atomic E-state index is 12.9. The van der Waals surface area contributed by atoms with Crippen LogP contribution in [0.1, 0.15) is 17.5 Å². The summed E-state index contributed by atoms with van der Waals surface area (Å²) in [6.07, 6.45) is 0.0357. The summed E-state index contributed by atoms with van der Waals surface area (Å²) in [7, 11) is 0. The Bertz CT molecular complexity index is 775. The Hall–Kier alpha value is -2.89. The van der Waals surface area contributed by atoms with Crippen molar-refractivity contribution in [3.63, 3.8) is 0 Å². The summed E-state index contributed by atoms with van der Waals surface area (Å²) < 4.78 is 18.8. The van der Waals surface area contributed by atoms with Crippen molar-refractivity contribution in [2.45, 2.75) is 19.6 Å². The van der Waals surface area contributed by atoms with Crippen molar-refractivity contribution in [1.82, 2.24) is 4.90 Å². The Morgan fingerprint density at radius 2 is 1.92 bits per heavy atom. The van der Waals surface area contributed by atoms with Crippen molar-refractivity contribution >= 4 is 11.9 Å². The summed E-state index contributed by atoms with van der Waals surface area (Å²) in [5.74, 6) is -1.44. The molecule has 0 bridgehead atoms. The first-order chi connectivity index (χ1) is 12.0. The van der Waals surface area contributed by atoms with E-state index in [0.29, 0.717) is 12.3 Å². The van der Waals surface area contributed by atoms with Crippen molar-refractivity contribution in [2.24, 2.45) is 5.92 Å². The average molecular weight is 343 g/mol. The van der Waals surface area contributed by atoms with Crippen LogP contribution < -0.4 is 4.74 Å². The number of benzene rings is 2. The number of para-hydroxylation sites is 1. The van der Waals surface area contributed by atoms with E-state index in [-0.39, 0.29) is 31.3 Å². The molecule has 1 heterocycles. The summed E-state index contributed by atoms with van der Waals surface area (Å²) >= 11 is 0. The van der Waals surface area contributed by atoms with Crippen LogP contribution in [-0.4, -0.2) is 28.4 Å². The van der Waals surface area contributed by atoms with Crippen LogP contribution in [0.5, 0.6) is 5.75 Å². The van der Waals surface area contributed by atoms with Gasteiger partial charge in [0, 0.05) is 25.1 Å². The summed E-state index contributed by atoms with van der Waals surface area (Å²) in [5.41, 5.74) is 1.64. The quantitative estimate of drug-likeness (QED) is 0.876. The zero-order chi connectivity index (χ0) is 17.8. The molecule has 1 aliphatic heterocycles. The highest BCUT2D eigenvalue weighted by molar-refractivity contribution is 5.86. The highest BCUT2D eigenvalue weighted by Crippen LogP contribution is 2.25. The smallest absolute Gasteiger partial charge is 0.308 e. The van der Waals surface area contributed by atoms with Gasteiger partial charge in [-0.2, -0.15) is 0 Å². The van der Waals surface area contributed by atoms with Gasteiger partial charge in [0.1, 0.15) is 18.2 Å². The molecule has 130 valence electrons. The molecule has 1 saturated heterocycles. The summed E-state index contributed by atoms with van der Waals surface area (Å²) in [6.45, 7) is 0.797. The van der Waals surface area contributed by atoms with Crippen molar-refractivity contribution < 1.29 is 23.8 Å². The first kappa shape index (κ1) is 17.0. The van der Waals surface area contributed by atoms with Gasteiger partial charge >= 0.3 is 5.97 Å². The molecule has 5 nitrogen and oxygen atoms in total. The van der Waals surface area contributed by atoms with Crippen LogP contribution in [0.2, 0.25) is 0 Å². The Kier molecular flexibility index (Phi) is 4.97. The number of rotatable bonds is 6. The molecule has 6 heteroatoms. The second-order valence-corrected chi connectivity index (χ2v) is 6.04. The third kappa shape index (κ3) is 4.15. The van der Waals surface area contributed by atoms with Crippen LogP contribution in [-0.2, 0) is 22.7 Å². The predicted molar refractivity (Wildman–Crippen MR) is 88.3 cm³/mol. The maximum Gasteiger partial charge on any atom is 0.308 e. The molecule has 1 unspecified atom stereocenters. The maximum absolute atomic E-state index is 12.9. The zero-order valence-corrected chi connectivity index (χ0v) is 13.5. The van der Waals surface area contributed by atoms with Gasteiger partial charge in [-0.1, -0.05) is 30.3 Å². The molecule has 2 aromatic carbocycles. The molecule has 0 radical (unpaired) electrons. The van der Waals surface area contributed by atoms with E-state index in [1.165, 1.54) is 12.1 Å². The summed E-state index contributed by atoms with van der Waals surface area (Å²) in [5, 5.41) is 9.07. The third-order valence-electron chi connectivity index (χ3n) is 4.21. The Labute approximate surface area is 144 Å². The van der Waals surface area contributed by atoms with E-state index >= 15 is 0 Å². The van der Waals surface area contributed by atoms with Crippen LogP contribution in [0, 0.1) is 11.7 Å². The minimum absolute atomic E-state index is 0.0357. The second-order valence-electron chi connectivity index (χ2n) is 6.04. The number of halogens is 1. The van der Waals surface area contributed by atoms with Gasteiger partial charge in [-0.25, -0.2) is 4.39 Å². The van der Waals surface area contributed by atoms with Crippen molar-refractivity contribution in [3.8, 4) is 5.75 Å². The molecule has 0 aromatic heterocycles. The Morgan fingerprint density at radius 3 is 2.60 bits per heavy atom. The summed E-state index contributed by atoms with van der Waals surface area (Å²) in [6, 6.07) is 13.4. The lowest BCUT2D eigenvalue weighted by Gasteiger charge is -2.18. The molecule has 1 fully saturated rings. The number of hydrogen-bond acceptors (Lipinski definition) is 3. The molecule has 1 aliphatic rings. The van der Waals surface area contributed by atoms with E-state index in [9.17, 15) is 14.0 Å². The number of nitrogens with zero attached hydrogens (tertiary/aromatic N) is 1. The lowest BCUT2D eigenvalue weighted by molar-refractivity contribution is -0.141. The molecule has 1 atom stereocenters. The van der Waals surface area contributed by atoms with E-state index in [0.717, 1.165) is 11.1 Å². The van der Waals surface area contributed by atoms with E-state index in [4.69, 9.17) is 9.84 Å². The van der Waals surface area contributed by atoms with Gasteiger partial charge in [-0.05, 0) is 23.8 Å². The van der Waals surface area contributed by atoms with Crippen LogP contribution in [0.4, 0.5) is 4.39 Å². The van der Waals surface area contributed by atoms with Gasteiger partial charge in [-0.15, -0.1) is 0 Å². The molecule has 2 aromatic rings. The van der Waals surface area contributed by atoms with Crippen LogP contribution in [0.3, 0.4) is 0 Å². The number of carboxylic acids is 1. The molecule has 25 heavy (non-hydrogen) atoms. The van der Waals surface area contributed by atoms with Gasteiger partial charge < -0.3 is 14.7 Å². The molecule has 1 N–H and O–H groups in total. The monoisotopic (exact) mass is 343 g/mol. The number of carbonyl (C=O) groups excluding carboxylic acids is 1. The fraction of sp³-hybridized carbons (Fsp3) is 0.263. The minimum Gasteiger partial charge on any atom is -0.489 e. The molecule has 0 spiro atoms. The van der Waals surface area contributed by atoms with Crippen LogP contribution in [0.15, 0.2) is 48.5 Å². The molecule has 0 aliphatic carbocycles. The Balaban J connectivity index is 1.67. The van der Waals surface area contributed by atoms with E-state index in [1.54, 1.807) is 23.1 Å². The number of hydrogen-bond donors (Lipinski definition) is 1. The number of carbonyl (C=O) groups is 2. The highest BCUT2D eigenvalue weighted by atomic mass is 19.1. The van der Waals surface area contributed by atoms with Crippen molar-refractivity contribution in [2.75, 3.05) is 6.54 Å². The number of amides is 1. The third-order valence-corrected chi connectivity index (χ3v) is 4.21. The minimum atomic E-state index is -0.948. The number of likely N-dealkylation sites (tertiary alicyclic amines) is 1. The van der Waals surface area contributed by atoms with Gasteiger partial charge in [0.05, 0.1) is 5.92 Å². The lowest BCUT2D eigenvalue weighted by Crippen LogP contribution is -2.26. The average Bonchev–Trinajstić information content (AvgIpc) is 2.97. The topological polar surface area (TPSA) is 66.8 Å². The van der Waals surface area contributed by atoms with Crippen LogP contribution in [0.25, 0.3) is 0 Å². The van der Waals surface area contributed by atoms with Gasteiger partial charge in [0.2, 0.25) is 5.91 Å². The number of aliphatic carboxylic acids is 1. The standard InChI is InChI=1S/C19H18FNO4/c20-16-7-5-13(6-8-16)12-25-17-4-2-1-3-14(17)10-21-11-15(19(23)24)9-18(21)22/h1-8,15H,9-12H2,(H,23,24). The van der Waals surface area contributed by atoms with E-state index < -0.39 is 11.9 Å². The molecular formula is C19H18FNO4. The zero-order valence-electron chi connectivity index (χ0n) is 13.5. The molecule has 3 rings (SSSR count). The van der Waals surface area contributed by atoms with Crippen molar-refractivity contribution in [1.29, 1.82) is 0 Å². The number of carboxylic acid groups (broad SMARTS) is 1. The highest BCUT2D eigenvalue weighted by Gasteiger charge is 2.34. The Morgan fingerprint density at radius 1 is 1.20 bits per heavy atom. The van der Waals surface area contributed by atoms with Gasteiger partial charge in [0.15, 0.2) is 0 Å². The fourth-order valence-corrected chi connectivity index (χ4v) is 2.81. The van der Waals surface area contributed by atoms with Gasteiger partial charge in [0.25, 0.3) is 0 Å². The normalized spacial score (nSPS) is 16.9. The SMILES string of the molecule is O=C(O)C1CC(=O)N(Cc2ccccc2OCc2ccc(F)cc2)C1. The van der Waals surface area contributed by atoms with Crippen LogP contribution >= 0.6 is 0 Å². The lowest BCUT2D eigenvalue weighted by atomic mass is 10.1. The fourth-order valence-electron chi connectivity index (χ4n) is 2.81. The second kappa shape index (κ2) is 7.34. The molecule has 0 saturated carbocycles. The molecular weight excluding hydrogens is 325 g/mol. The largest absolute Gasteiger partial charge is 0.489 e. The molecule has 1 amide bonds. The summed E-state index contributed by atoms with van der Waals surface area (Å²) in [4.78, 5) is 24.6. The first-order valence-corrected chi connectivity index (χ1v) is 7.98. The predicted octanol–water partition coefficient (Wildman–Crippen LogP) is 2.84.